The molecular formula is C24H24N4O3. The number of urea groups is 1. The summed E-state index contributed by atoms with van der Waals surface area (Å²) in [6.45, 7) is 3.38. The first-order valence-electron chi connectivity index (χ1n) is 10.6. The number of benzene rings is 2. The van der Waals surface area contributed by atoms with Gasteiger partial charge in [0, 0.05) is 19.6 Å². The van der Waals surface area contributed by atoms with Crippen molar-refractivity contribution in [2.75, 3.05) is 13.1 Å². The summed E-state index contributed by atoms with van der Waals surface area (Å²) < 4.78 is 5.50. The van der Waals surface area contributed by atoms with Crippen molar-refractivity contribution in [3.8, 4) is 0 Å². The summed E-state index contributed by atoms with van der Waals surface area (Å²) in [5, 5.41) is 3.12. The Morgan fingerprint density at radius 3 is 2.84 bits per heavy atom. The molecule has 1 N–H and O–H groups in total. The van der Waals surface area contributed by atoms with Gasteiger partial charge in [0.05, 0.1) is 6.04 Å². The van der Waals surface area contributed by atoms with Crippen LogP contribution < -0.4 is 5.32 Å². The standard InChI is InChI=1S/C24H24N4O3/c1-16-6-2-3-8-18(16)14-27-12-13-28-21(15-31-24(28)26-23(27)30)22(29)25-20-11-10-17-7-4-5-9-19(17)20/h2-9,15,20H,10-14H2,1H3,(H,25,29). The van der Waals surface area contributed by atoms with Gasteiger partial charge in [0.1, 0.15) is 12.0 Å². The summed E-state index contributed by atoms with van der Waals surface area (Å²) in [6.07, 6.45) is 3.22. The molecule has 3 amide bonds. The van der Waals surface area contributed by atoms with Crippen LogP contribution in [-0.4, -0.2) is 40.8 Å². The molecule has 1 aliphatic carbocycles. The number of ether oxygens (including phenoxy) is 1. The maximum atomic E-state index is 13.0. The SMILES string of the molecule is Cc1ccccc1CN1CCN2C(C(=O)NC3CCc4ccccc43)=COC2=NC1=O. The molecule has 0 spiro atoms. The molecule has 158 valence electrons. The quantitative estimate of drug-likeness (QED) is 0.830. The van der Waals surface area contributed by atoms with Crippen LogP contribution in [0.1, 0.15) is 34.7 Å². The Morgan fingerprint density at radius 1 is 1.16 bits per heavy atom. The molecule has 0 saturated carbocycles. The lowest BCUT2D eigenvalue weighted by Gasteiger charge is -2.22. The van der Waals surface area contributed by atoms with Crippen LogP contribution in [0, 0.1) is 6.92 Å². The minimum absolute atomic E-state index is 0.0169. The molecule has 0 radical (unpaired) electrons. The average Bonchev–Trinajstić information content (AvgIpc) is 3.32. The molecule has 7 heteroatoms. The van der Waals surface area contributed by atoms with Gasteiger partial charge in [-0.05, 0) is 42.0 Å². The molecule has 1 unspecified atom stereocenters. The first kappa shape index (κ1) is 19.4. The van der Waals surface area contributed by atoms with E-state index in [1.54, 1.807) is 9.80 Å². The van der Waals surface area contributed by atoms with Gasteiger partial charge in [0.15, 0.2) is 0 Å². The second kappa shape index (κ2) is 7.91. The molecule has 3 aliphatic rings. The fraction of sp³-hybridized carbons (Fsp3) is 0.292. The molecule has 2 heterocycles. The predicted molar refractivity (Wildman–Crippen MR) is 116 cm³/mol. The van der Waals surface area contributed by atoms with Gasteiger partial charge in [0.25, 0.3) is 5.91 Å². The molecule has 0 fully saturated rings. The molecule has 31 heavy (non-hydrogen) atoms. The van der Waals surface area contributed by atoms with Crippen molar-refractivity contribution < 1.29 is 14.3 Å². The normalized spacial score (nSPS) is 19.8. The summed E-state index contributed by atoms with van der Waals surface area (Å²) in [4.78, 5) is 33.2. The first-order chi connectivity index (χ1) is 15.1. The Hall–Kier alpha value is -3.61. The van der Waals surface area contributed by atoms with Gasteiger partial charge in [-0.25, -0.2) is 4.79 Å². The van der Waals surface area contributed by atoms with Crippen molar-refractivity contribution in [1.29, 1.82) is 0 Å². The van der Waals surface area contributed by atoms with E-state index in [9.17, 15) is 9.59 Å². The number of hydrogen-bond donors (Lipinski definition) is 1. The van der Waals surface area contributed by atoms with E-state index >= 15 is 0 Å². The molecule has 1 atom stereocenters. The maximum Gasteiger partial charge on any atom is 0.348 e. The molecule has 0 bridgehead atoms. The van der Waals surface area contributed by atoms with E-state index in [-0.39, 0.29) is 24.0 Å². The number of hydrogen-bond acceptors (Lipinski definition) is 4. The topological polar surface area (TPSA) is 74.2 Å². The highest BCUT2D eigenvalue weighted by molar-refractivity contribution is 6.02. The third kappa shape index (κ3) is 3.67. The highest BCUT2D eigenvalue weighted by Crippen LogP contribution is 2.31. The van der Waals surface area contributed by atoms with Crippen molar-refractivity contribution in [3.63, 3.8) is 0 Å². The second-order valence-electron chi connectivity index (χ2n) is 8.06. The van der Waals surface area contributed by atoms with E-state index in [4.69, 9.17) is 4.74 Å². The zero-order valence-corrected chi connectivity index (χ0v) is 17.4. The third-order valence-corrected chi connectivity index (χ3v) is 6.15. The molecule has 5 rings (SSSR count). The predicted octanol–water partition coefficient (Wildman–Crippen LogP) is 3.26. The van der Waals surface area contributed by atoms with Crippen LogP contribution in [0.25, 0.3) is 0 Å². The van der Waals surface area contributed by atoms with Gasteiger partial charge >= 0.3 is 12.1 Å². The summed E-state index contributed by atoms with van der Waals surface area (Å²) in [5.41, 5.74) is 5.03. The zero-order chi connectivity index (χ0) is 21.4. The van der Waals surface area contributed by atoms with Gasteiger partial charge in [0.2, 0.25) is 0 Å². The van der Waals surface area contributed by atoms with Crippen LogP contribution in [0.3, 0.4) is 0 Å². The van der Waals surface area contributed by atoms with Crippen LogP contribution in [0.2, 0.25) is 0 Å². The summed E-state index contributed by atoms with van der Waals surface area (Å²) >= 11 is 0. The van der Waals surface area contributed by atoms with Gasteiger partial charge in [-0.15, -0.1) is 4.99 Å². The van der Waals surface area contributed by atoms with Crippen LogP contribution in [-0.2, 0) is 22.5 Å². The number of aliphatic imine (C=N–C) groups is 1. The van der Waals surface area contributed by atoms with Gasteiger partial charge < -0.3 is 15.0 Å². The first-order valence-corrected chi connectivity index (χ1v) is 10.6. The molecule has 2 aliphatic heterocycles. The van der Waals surface area contributed by atoms with E-state index in [1.807, 2.05) is 43.3 Å². The average molecular weight is 416 g/mol. The number of nitrogens with zero attached hydrogens (tertiary/aromatic N) is 3. The summed E-state index contributed by atoms with van der Waals surface area (Å²) in [6, 6.07) is 15.9. The van der Waals surface area contributed by atoms with Crippen molar-refractivity contribution >= 4 is 18.0 Å². The van der Waals surface area contributed by atoms with E-state index in [0.29, 0.717) is 25.3 Å². The van der Waals surface area contributed by atoms with E-state index in [2.05, 4.69) is 22.4 Å². The van der Waals surface area contributed by atoms with Crippen LogP contribution in [0.5, 0.6) is 0 Å². The summed E-state index contributed by atoms with van der Waals surface area (Å²) in [5.74, 6) is -0.216. The monoisotopic (exact) mass is 416 g/mol. The van der Waals surface area contributed by atoms with Gasteiger partial charge in [-0.3, -0.25) is 9.69 Å². The lowest BCUT2D eigenvalue weighted by molar-refractivity contribution is -0.119. The molecule has 2 aromatic carbocycles. The lowest BCUT2D eigenvalue weighted by atomic mass is 10.1. The highest BCUT2D eigenvalue weighted by Gasteiger charge is 2.35. The number of carbonyl (C=O) groups is 2. The van der Waals surface area contributed by atoms with Gasteiger partial charge in [-0.2, -0.15) is 0 Å². The Balaban J connectivity index is 1.28. The smallest absolute Gasteiger partial charge is 0.348 e. The fourth-order valence-corrected chi connectivity index (χ4v) is 4.37. The molecule has 7 nitrogen and oxygen atoms in total. The number of carbonyl (C=O) groups excluding carboxylic acids is 2. The molecule has 0 aromatic heterocycles. The van der Waals surface area contributed by atoms with Gasteiger partial charge in [-0.1, -0.05) is 48.5 Å². The number of nitrogens with one attached hydrogen (secondary N) is 1. The van der Waals surface area contributed by atoms with Crippen molar-refractivity contribution in [3.05, 3.63) is 82.7 Å². The third-order valence-electron chi connectivity index (χ3n) is 6.15. The van der Waals surface area contributed by atoms with E-state index < -0.39 is 0 Å². The zero-order valence-electron chi connectivity index (χ0n) is 17.4. The molecule has 2 aromatic rings. The summed E-state index contributed by atoms with van der Waals surface area (Å²) in [7, 11) is 0. The number of amides is 3. The maximum absolute atomic E-state index is 13.0. The van der Waals surface area contributed by atoms with Crippen molar-refractivity contribution in [2.45, 2.75) is 32.4 Å². The number of fused-ring (bicyclic) bond motifs is 2. The Kier molecular flexibility index (Phi) is 4.94. The number of aryl methyl sites for hydroxylation is 2. The lowest BCUT2D eigenvalue weighted by Crippen LogP contribution is -2.39. The second-order valence-corrected chi connectivity index (χ2v) is 8.06. The Labute approximate surface area is 181 Å². The van der Waals surface area contributed by atoms with Crippen LogP contribution in [0.15, 0.2) is 65.5 Å². The van der Waals surface area contributed by atoms with Crippen LogP contribution in [0.4, 0.5) is 4.79 Å². The van der Waals surface area contributed by atoms with E-state index in [1.165, 1.54) is 17.4 Å². The van der Waals surface area contributed by atoms with Crippen molar-refractivity contribution in [2.24, 2.45) is 4.99 Å². The highest BCUT2D eigenvalue weighted by atomic mass is 16.5. The number of amidine groups is 1. The van der Waals surface area contributed by atoms with Crippen LogP contribution >= 0.6 is 0 Å². The minimum Gasteiger partial charge on any atom is -0.431 e. The van der Waals surface area contributed by atoms with Crippen molar-refractivity contribution in [1.82, 2.24) is 15.1 Å². The minimum atomic E-state index is -0.361. The Morgan fingerprint density at radius 2 is 1.97 bits per heavy atom. The number of rotatable bonds is 4. The Bertz CT molecular complexity index is 1110. The largest absolute Gasteiger partial charge is 0.431 e. The van der Waals surface area contributed by atoms with E-state index in [0.717, 1.165) is 24.0 Å². The molecular weight excluding hydrogens is 392 g/mol. The molecule has 0 saturated heterocycles. The fourth-order valence-electron chi connectivity index (χ4n) is 4.37.